The number of hydrogen-bond acceptors (Lipinski definition) is 2. The van der Waals surface area contributed by atoms with Crippen LogP contribution in [0.25, 0.3) is 0 Å². The van der Waals surface area contributed by atoms with E-state index >= 15 is 0 Å². The number of amides is 1. The van der Waals surface area contributed by atoms with Crippen molar-refractivity contribution in [3.05, 3.63) is 35.4 Å². The van der Waals surface area contributed by atoms with Crippen LogP contribution >= 0.6 is 12.2 Å². The van der Waals surface area contributed by atoms with Crippen LogP contribution in [0.2, 0.25) is 0 Å². The molecule has 2 N–H and O–H groups in total. The fraction of sp³-hybridized carbons (Fsp3) is 0.529. The highest BCUT2D eigenvalue weighted by Crippen LogP contribution is 2.23. The average molecular weight is 304 g/mol. The van der Waals surface area contributed by atoms with Crippen LogP contribution in [-0.4, -0.2) is 28.9 Å². The summed E-state index contributed by atoms with van der Waals surface area (Å²) in [4.78, 5) is 15.0. The van der Waals surface area contributed by atoms with Gasteiger partial charge in [0.05, 0.1) is 4.99 Å². The maximum absolute atomic E-state index is 12.6. The molecule has 0 aliphatic carbocycles. The zero-order chi connectivity index (χ0) is 15.6. The van der Waals surface area contributed by atoms with Gasteiger partial charge in [-0.15, -0.1) is 0 Å². The minimum Gasteiger partial charge on any atom is -0.393 e. The standard InChI is InChI=1S/C17H24N2OS/c1-17(2,3)14-8-6-12(7-9-14)16(20)19-10-4-5-13(11-19)15(18)21/h6-9,13H,4-5,10-11H2,1-3H3,(H2,18,21). The zero-order valence-electron chi connectivity index (χ0n) is 13.1. The van der Waals surface area contributed by atoms with Crippen molar-refractivity contribution in [3.8, 4) is 0 Å². The fourth-order valence-corrected chi connectivity index (χ4v) is 2.88. The fourth-order valence-electron chi connectivity index (χ4n) is 2.69. The molecule has 1 atom stereocenters. The van der Waals surface area contributed by atoms with Crippen molar-refractivity contribution in [2.75, 3.05) is 13.1 Å². The van der Waals surface area contributed by atoms with Crippen molar-refractivity contribution < 1.29 is 4.79 Å². The number of nitrogens with two attached hydrogens (primary N) is 1. The van der Waals surface area contributed by atoms with E-state index in [9.17, 15) is 4.79 Å². The van der Waals surface area contributed by atoms with Crippen molar-refractivity contribution >= 4 is 23.1 Å². The smallest absolute Gasteiger partial charge is 0.253 e. The third-order valence-corrected chi connectivity index (χ3v) is 4.44. The van der Waals surface area contributed by atoms with E-state index in [1.54, 1.807) is 0 Å². The summed E-state index contributed by atoms with van der Waals surface area (Å²) in [6.45, 7) is 7.94. The molecule has 2 rings (SSSR count). The molecule has 114 valence electrons. The summed E-state index contributed by atoms with van der Waals surface area (Å²) in [7, 11) is 0. The number of benzene rings is 1. The number of likely N-dealkylation sites (tertiary alicyclic amines) is 1. The predicted molar refractivity (Wildman–Crippen MR) is 90.6 cm³/mol. The molecule has 1 aliphatic heterocycles. The van der Waals surface area contributed by atoms with Crippen LogP contribution in [0.4, 0.5) is 0 Å². The summed E-state index contributed by atoms with van der Waals surface area (Å²) >= 11 is 5.07. The van der Waals surface area contributed by atoms with Crippen LogP contribution < -0.4 is 5.73 Å². The van der Waals surface area contributed by atoms with Crippen LogP contribution in [0, 0.1) is 5.92 Å². The zero-order valence-corrected chi connectivity index (χ0v) is 13.9. The Morgan fingerprint density at radius 2 is 1.90 bits per heavy atom. The van der Waals surface area contributed by atoms with Gasteiger partial charge in [-0.3, -0.25) is 4.79 Å². The van der Waals surface area contributed by atoms with Gasteiger partial charge in [-0.25, -0.2) is 0 Å². The Balaban J connectivity index is 2.11. The Morgan fingerprint density at radius 1 is 1.29 bits per heavy atom. The molecule has 1 amide bonds. The largest absolute Gasteiger partial charge is 0.393 e. The summed E-state index contributed by atoms with van der Waals surface area (Å²) in [6.07, 6.45) is 1.95. The summed E-state index contributed by atoms with van der Waals surface area (Å²) in [5.74, 6) is 0.239. The van der Waals surface area contributed by atoms with E-state index in [4.69, 9.17) is 18.0 Å². The minimum absolute atomic E-state index is 0.0800. The van der Waals surface area contributed by atoms with E-state index in [-0.39, 0.29) is 17.2 Å². The summed E-state index contributed by atoms with van der Waals surface area (Å²) in [5.41, 5.74) is 7.81. The van der Waals surface area contributed by atoms with Gasteiger partial charge in [-0.2, -0.15) is 0 Å². The lowest BCUT2D eigenvalue weighted by atomic mass is 9.86. The Morgan fingerprint density at radius 3 is 2.43 bits per heavy atom. The average Bonchev–Trinajstić information content (AvgIpc) is 2.46. The monoisotopic (exact) mass is 304 g/mol. The lowest BCUT2D eigenvalue weighted by molar-refractivity contribution is 0.0703. The molecule has 1 heterocycles. The molecule has 0 radical (unpaired) electrons. The second kappa shape index (κ2) is 6.14. The van der Waals surface area contributed by atoms with Gasteiger partial charge in [-0.1, -0.05) is 45.1 Å². The topological polar surface area (TPSA) is 46.3 Å². The van der Waals surface area contributed by atoms with Gasteiger partial charge in [0, 0.05) is 24.6 Å². The van der Waals surface area contributed by atoms with Gasteiger partial charge in [0.15, 0.2) is 0 Å². The number of thiocarbonyl (C=S) groups is 1. The summed E-state index contributed by atoms with van der Waals surface area (Å²) < 4.78 is 0. The van der Waals surface area contributed by atoms with Crippen LogP contribution in [0.15, 0.2) is 24.3 Å². The molecule has 21 heavy (non-hydrogen) atoms. The van der Waals surface area contributed by atoms with Crippen molar-refractivity contribution in [2.24, 2.45) is 11.7 Å². The van der Waals surface area contributed by atoms with Gasteiger partial charge in [0.2, 0.25) is 0 Å². The molecule has 1 aromatic rings. The number of carbonyl (C=O) groups is 1. The van der Waals surface area contributed by atoms with Crippen molar-refractivity contribution in [3.63, 3.8) is 0 Å². The highest BCUT2D eigenvalue weighted by atomic mass is 32.1. The van der Waals surface area contributed by atoms with Crippen LogP contribution in [0.1, 0.15) is 49.5 Å². The molecule has 0 saturated carbocycles. The first-order valence-corrected chi connectivity index (χ1v) is 7.89. The SMILES string of the molecule is CC(C)(C)c1ccc(C(=O)N2CCCC(C(N)=S)C2)cc1. The Labute approximate surface area is 132 Å². The first-order chi connectivity index (χ1) is 9.79. The van der Waals surface area contributed by atoms with E-state index in [0.29, 0.717) is 11.5 Å². The van der Waals surface area contributed by atoms with Crippen LogP contribution in [0.3, 0.4) is 0 Å². The minimum atomic E-state index is 0.0800. The molecule has 0 bridgehead atoms. The quantitative estimate of drug-likeness (QED) is 0.854. The number of nitrogens with zero attached hydrogens (tertiary/aromatic N) is 1. The Bertz CT molecular complexity index is 531. The molecule has 1 unspecified atom stereocenters. The molecule has 0 spiro atoms. The van der Waals surface area contributed by atoms with E-state index in [1.165, 1.54) is 5.56 Å². The lowest BCUT2D eigenvalue weighted by Crippen LogP contribution is -2.43. The van der Waals surface area contributed by atoms with Crippen LogP contribution in [0.5, 0.6) is 0 Å². The molecule has 3 nitrogen and oxygen atoms in total. The maximum atomic E-state index is 12.6. The highest BCUT2D eigenvalue weighted by molar-refractivity contribution is 7.80. The third-order valence-electron chi connectivity index (χ3n) is 4.11. The molecule has 4 heteroatoms. The molecular weight excluding hydrogens is 280 g/mol. The van der Waals surface area contributed by atoms with Gasteiger partial charge in [0.25, 0.3) is 5.91 Å². The van der Waals surface area contributed by atoms with E-state index < -0.39 is 0 Å². The Hall–Kier alpha value is -1.42. The molecular formula is C17H24N2OS. The van der Waals surface area contributed by atoms with Gasteiger partial charge < -0.3 is 10.6 Å². The van der Waals surface area contributed by atoms with Crippen molar-refractivity contribution in [2.45, 2.75) is 39.0 Å². The number of rotatable bonds is 2. The maximum Gasteiger partial charge on any atom is 0.253 e. The molecule has 1 fully saturated rings. The third kappa shape index (κ3) is 3.82. The first-order valence-electron chi connectivity index (χ1n) is 7.48. The second-order valence-corrected chi connectivity index (χ2v) is 7.29. The molecule has 1 aliphatic rings. The molecule has 0 aromatic heterocycles. The van der Waals surface area contributed by atoms with Gasteiger partial charge >= 0.3 is 0 Å². The number of piperidine rings is 1. The molecule has 1 aromatic carbocycles. The lowest BCUT2D eigenvalue weighted by Gasteiger charge is -2.32. The number of hydrogen-bond donors (Lipinski definition) is 1. The second-order valence-electron chi connectivity index (χ2n) is 6.82. The summed E-state index contributed by atoms with van der Waals surface area (Å²) in [6, 6.07) is 7.94. The van der Waals surface area contributed by atoms with E-state index in [1.807, 2.05) is 29.2 Å². The van der Waals surface area contributed by atoms with E-state index in [2.05, 4.69) is 20.8 Å². The van der Waals surface area contributed by atoms with Crippen molar-refractivity contribution in [1.82, 2.24) is 4.90 Å². The summed E-state index contributed by atoms with van der Waals surface area (Å²) in [5, 5.41) is 0. The van der Waals surface area contributed by atoms with E-state index in [0.717, 1.165) is 24.9 Å². The highest BCUT2D eigenvalue weighted by Gasteiger charge is 2.26. The first kappa shape index (κ1) is 16.0. The van der Waals surface area contributed by atoms with Gasteiger partial charge in [0.1, 0.15) is 0 Å². The van der Waals surface area contributed by atoms with Crippen molar-refractivity contribution in [1.29, 1.82) is 0 Å². The predicted octanol–water partition coefficient (Wildman–Crippen LogP) is 3.12. The van der Waals surface area contributed by atoms with Gasteiger partial charge in [-0.05, 0) is 36.0 Å². The molecule has 1 saturated heterocycles. The number of carbonyl (C=O) groups excluding carboxylic acids is 1. The normalized spacial score (nSPS) is 19.4. The van der Waals surface area contributed by atoms with Crippen LogP contribution in [-0.2, 0) is 5.41 Å². The Kier molecular flexibility index (Phi) is 4.67.